The highest BCUT2D eigenvalue weighted by molar-refractivity contribution is 9.10. The molecule has 0 heterocycles. The van der Waals surface area contributed by atoms with Crippen LogP contribution in [0.5, 0.6) is 0 Å². The minimum atomic E-state index is -0.388. The third-order valence-corrected chi connectivity index (χ3v) is 3.16. The fourth-order valence-electron chi connectivity index (χ4n) is 1.09. The van der Waals surface area contributed by atoms with Gasteiger partial charge in [-0.25, -0.2) is 0 Å². The Hall–Kier alpha value is -0.250. The van der Waals surface area contributed by atoms with Gasteiger partial charge in [0.2, 0.25) is 0 Å². The van der Waals surface area contributed by atoms with Crippen molar-refractivity contribution in [1.82, 2.24) is 0 Å². The minimum absolute atomic E-state index is 0.319. The number of esters is 1. The highest BCUT2D eigenvalue weighted by Gasteiger charge is 2.17. The van der Waals surface area contributed by atoms with E-state index in [4.69, 9.17) is 23.2 Å². The predicted octanol–water partition coefficient (Wildman–Crippen LogP) is 3.47. The molecule has 1 aromatic carbocycles. The molecule has 0 bridgehead atoms. The van der Waals surface area contributed by atoms with Crippen LogP contribution in [0.4, 0.5) is 0 Å². The first-order valence-electron chi connectivity index (χ1n) is 4.20. The summed E-state index contributed by atoms with van der Waals surface area (Å²) in [6.07, 6.45) is 0.475. The molecule has 1 rings (SSSR count). The van der Waals surface area contributed by atoms with Crippen molar-refractivity contribution in [1.29, 1.82) is 0 Å². The van der Waals surface area contributed by atoms with E-state index in [9.17, 15) is 4.79 Å². The molecular weight excluding hydrogens is 303 g/mol. The van der Waals surface area contributed by atoms with Crippen LogP contribution in [0.2, 0.25) is 10.0 Å². The maximum atomic E-state index is 11.2. The smallest absolute Gasteiger partial charge is 0.319 e. The first kappa shape index (κ1) is 12.8. The van der Waals surface area contributed by atoms with Gasteiger partial charge < -0.3 is 4.74 Å². The molecule has 2 nitrogen and oxygen atoms in total. The van der Waals surface area contributed by atoms with Crippen molar-refractivity contribution in [3.63, 3.8) is 0 Å². The monoisotopic (exact) mass is 310 g/mol. The van der Waals surface area contributed by atoms with Crippen molar-refractivity contribution < 1.29 is 9.53 Å². The standard InChI is InChI=1S/C10H9BrCl2O2/c1-15-10(14)8(11)4-6-2-3-7(12)5-9(6)13/h2-3,5,8H,4H2,1H3. The first-order valence-corrected chi connectivity index (χ1v) is 5.87. The average molecular weight is 312 g/mol. The fourth-order valence-corrected chi connectivity index (χ4v) is 2.11. The number of carbonyl (C=O) groups is 1. The van der Waals surface area contributed by atoms with E-state index in [1.54, 1.807) is 18.2 Å². The van der Waals surface area contributed by atoms with Crippen LogP contribution in [-0.4, -0.2) is 17.9 Å². The van der Waals surface area contributed by atoms with Crippen LogP contribution >= 0.6 is 39.1 Å². The number of halogens is 3. The zero-order valence-corrected chi connectivity index (χ0v) is 11.1. The SMILES string of the molecule is COC(=O)C(Br)Cc1ccc(Cl)cc1Cl. The van der Waals surface area contributed by atoms with Gasteiger partial charge in [0, 0.05) is 10.0 Å². The molecule has 0 saturated heterocycles. The Balaban J connectivity index is 2.76. The van der Waals surface area contributed by atoms with Crippen LogP contribution in [0.1, 0.15) is 5.56 Å². The molecule has 0 fully saturated rings. The molecule has 0 N–H and O–H groups in total. The topological polar surface area (TPSA) is 26.3 Å². The average Bonchev–Trinajstić information content (AvgIpc) is 2.20. The molecule has 15 heavy (non-hydrogen) atoms. The van der Waals surface area contributed by atoms with Crippen LogP contribution in [0.15, 0.2) is 18.2 Å². The largest absolute Gasteiger partial charge is 0.468 e. The second-order valence-corrected chi connectivity index (χ2v) is 4.88. The molecular formula is C10H9BrCl2O2. The molecule has 0 spiro atoms. The number of alkyl halides is 1. The Bertz CT molecular complexity index is 368. The molecule has 1 aromatic rings. The maximum Gasteiger partial charge on any atom is 0.319 e. The maximum absolute atomic E-state index is 11.2. The van der Waals surface area contributed by atoms with Crippen LogP contribution in [0.3, 0.4) is 0 Å². The number of carbonyl (C=O) groups excluding carboxylic acids is 1. The molecule has 5 heteroatoms. The summed E-state index contributed by atoms with van der Waals surface area (Å²) in [6, 6.07) is 5.18. The van der Waals surface area contributed by atoms with E-state index in [1.165, 1.54) is 7.11 Å². The zero-order chi connectivity index (χ0) is 11.4. The molecule has 0 aliphatic heterocycles. The van der Waals surface area contributed by atoms with Crippen molar-refractivity contribution in [3.8, 4) is 0 Å². The van der Waals surface area contributed by atoms with Gasteiger partial charge in [0.1, 0.15) is 4.83 Å². The van der Waals surface area contributed by atoms with Gasteiger partial charge in [-0.1, -0.05) is 45.2 Å². The zero-order valence-electron chi connectivity index (χ0n) is 7.97. The number of hydrogen-bond donors (Lipinski definition) is 0. The van der Waals surface area contributed by atoms with E-state index >= 15 is 0 Å². The van der Waals surface area contributed by atoms with E-state index in [1.807, 2.05) is 0 Å². The van der Waals surface area contributed by atoms with Gasteiger partial charge in [0.15, 0.2) is 0 Å². The minimum Gasteiger partial charge on any atom is -0.468 e. The van der Waals surface area contributed by atoms with Gasteiger partial charge in [-0.3, -0.25) is 4.79 Å². The lowest BCUT2D eigenvalue weighted by Gasteiger charge is -2.09. The summed E-state index contributed by atoms with van der Waals surface area (Å²) >= 11 is 14.9. The Morgan fingerprint density at radius 1 is 1.53 bits per heavy atom. The summed E-state index contributed by atoms with van der Waals surface area (Å²) < 4.78 is 4.59. The summed E-state index contributed by atoms with van der Waals surface area (Å²) in [4.78, 5) is 10.8. The number of methoxy groups -OCH3 is 1. The van der Waals surface area contributed by atoms with E-state index in [0.29, 0.717) is 16.5 Å². The van der Waals surface area contributed by atoms with E-state index in [-0.39, 0.29) is 10.8 Å². The van der Waals surface area contributed by atoms with Gasteiger partial charge in [-0.05, 0) is 24.1 Å². The Morgan fingerprint density at radius 2 is 2.20 bits per heavy atom. The van der Waals surface area contributed by atoms with Crippen molar-refractivity contribution in [3.05, 3.63) is 33.8 Å². The lowest BCUT2D eigenvalue weighted by molar-refractivity contribution is -0.139. The van der Waals surface area contributed by atoms with Crippen molar-refractivity contribution in [2.24, 2.45) is 0 Å². The summed E-state index contributed by atoms with van der Waals surface area (Å²) in [5.41, 5.74) is 0.855. The van der Waals surface area contributed by atoms with Gasteiger partial charge in [0.05, 0.1) is 7.11 Å². The first-order chi connectivity index (χ1) is 7.04. The molecule has 0 saturated carbocycles. The quantitative estimate of drug-likeness (QED) is 0.631. The van der Waals surface area contributed by atoms with E-state index in [2.05, 4.69) is 20.7 Å². The molecule has 0 radical (unpaired) electrons. The molecule has 0 aromatic heterocycles. The predicted molar refractivity (Wildman–Crippen MR) is 64.9 cm³/mol. The van der Waals surface area contributed by atoms with Crippen LogP contribution in [0, 0.1) is 0 Å². The van der Waals surface area contributed by atoms with Gasteiger partial charge in [-0.15, -0.1) is 0 Å². The molecule has 0 amide bonds. The van der Waals surface area contributed by atoms with Gasteiger partial charge >= 0.3 is 5.97 Å². The Labute approximate surface area is 107 Å². The fraction of sp³-hybridized carbons (Fsp3) is 0.300. The highest BCUT2D eigenvalue weighted by Crippen LogP contribution is 2.23. The third kappa shape index (κ3) is 3.67. The van der Waals surface area contributed by atoms with E-state index < -0.39 is 0 Å². The molecule has 1 atom stereocenters. The van der Waals surface area contributed by atoms with Crippen LogP contribution in [-0.2, 0) is 16.0 Å². The van der Waals surface area contributed by atoms with Gasteiger partial charge in [-0.2, -0.15) is 0 Å². The third-order valence-electron chi connectivity index (χ3n) is 1.87. The summed E-state index contributed by atoms with van der Waals surface area (Å²) in [5.74, 6) is -0.319. The number of rotatable bonds is 3. The van der Waals surface area contributed by atoms with Crippen molar-refractivity contribution in [2.45, 2.75) is 11.2 Å². The molecule has 82 valence electrons. The van der Waals surface area contributed by atoms with Crippen molar-refractivity contribution >= 4 is 45.1 Å². The Kier molecular flexibility index (Phi) is 4.90. The normalized spacial score (nSPS) is 12.3. The second-order valence-electron chi connectivity index (χ2n) is 2.93. The number of hydrogen-bond acceptors (Lipinski definition) is 2. The van der Waals surface area contributed by atoms with Crippen LogP contribution in [0.25, 0.3) is 0 Å². The number of benzene rings is 1. The second kappa shape index (κ2) is 5.73. The van der Waals surface area contributed by atoms with Crippen LogP contribution < -0.4 is 0 Å². The van der Waals surface area contributed by atoms with Crippen molar-refractivity contribution in [2.75, 3.05) is 7.11 Å². The summed E-state index contributed by atoms with van der Waals surface area (Å²) in [7, 11) is 1.35. The lowest BCUT2D eigenvalue weighted by atomic mass is 10.1. The van der Waals surface area contributed by atoms with E-state index in [0.717, 1.165) is 5.56 Å². The van der Waals surface area contributed by atoms with Gasteiger partial charge in [0.25, 0.3) is 0 Å². The number of ether oxygens (including phenoxy) is 1. The summed E-state index contributed by atoms with van der Waals surface area (Å²) in [5, 5.41) is 1.13. The summed E-state index contributed by atoms with van der Waals surface area (Å²) in [6.45, 7) is 0. The molecule has 1 unspecified atom stereocenters. The Morgan fingerprint density at radius 3 is 2.73 bits per heavy atom. The molecule has 0 aliphatic carbocycles. The lowest BCUT2D eigenvalue weighted by Crippen LogP contribution is -2.18. The highest BCUT2D eigenvalue weighted by atomic mass is 79.9. The molecule has 0 aliphatic rings.